The van der Waals surface area contributed by atoms with Crippen molar-refractivity contribution >= 4 is 17.4 Å². The van der Waals surface area contributed by atoms with Crippen molar-refractivity contribution in [1.82, 2.24) is 19.6 Å². The molecule has 0 saturated carbocycles. The maximum atomic E-state index is 14.3. The minimum Gasteiger partial charge on any atom is -0.484 e. The summed E-state index contributed by atoms with van der Waals surface area (Å²) in [5.74, 6) is -0.840. The molecule has 3 heterocycles. The van der Waals surface area contributed by atoms with Crippen molar-refractivity contribution in [2.75, 3.05) is 7.11 Å². The fraction of sp³-hybridized carbons (Fsp3) is 0.182. The first kappa shape index (κ1) is 20.4. The normalized spacial score (nSPS) is 11.8. The average Bonchev–Trinajstić information content (AvgIpc) is 3.40. The van der Waals surface area contributed by atoms with Crippen LogP contribution in [-0.2, 0) is 4.74 Å². The van der Waals surface area contributed by atoms with E-state index in [1.165, 1.54) is 19.2 Å². The lowest BCUT2D eigenvalue weighted by molar-refractivity contribution is 0.390. The number of hydrogen-bond donors (Lipinski definition) is 2. The molecule has 2 N–H and O–H groups in total. The molecule has 0 spiro atoms. The lowest BCUT2D eigenvalue weighted by Crippen LogP contribution is -2.08. The summed E-state index contributed by atoms with van der Waals surface area (Å²) >= 11 is 0. The van der Waals surface area contributed by atoms with Crippen molar-refractivity contribution in [3.05, 3.63) is 66.3 Å². The Bertz CT molecular complexity index is 1290. The Morgan fingerprint density at radius 3 is 2.77 bits per heavy atom. The third-order valence-electron chi connectivity index (χ3n) is 4.84. The molecule has 4 rings (SSSR count). The third kappa shape index (κ3) is 3.94. The highest BCUT2D eigenvalue weighted by Gasteiger charge is 2.16. The van der Waals surface area contributed by atoms with Crippen LogP contribution >= 0.6 is 0 Å². The van der Waals surface area contributed by atoms with E-state index in [9.17, 15) is 8.78 Å². The number of benzene rings is 1. The molecule has 0 amide bonds. The third-order valence-corrected chi connectivity index (χ3v) is 4.84. The molecule has 0 bridgehead atoms. The molecule has 0 aliphatic heterocycles. The zero-order chi connectivity index (χ0) is 22.0. The van der Waals surface area contributed by atoms with Gasteiger partial charge in [-0.25, -0.2) is 13.8 Å². The molecular weight excluding hydrogens is 402 g/mol. The SMILES string of the molecule is CCCC(=NC(=N)c1cnc2ccc(-c3cn[nH]c3-c3ccc(F)cc3F)cn12)OC. The van der Waals surface area contributed by atoms with Gasteiger partial charge in [0.1, 0.15) is 23.0 Å². The lowest BCUT2D eigenvalue weighted by atomic mass is 10.0. The van der Waals surface area contributed by atoms with Crippen molar-refractivity contribution in [2.24, 2.45) is 4.99 Å². The molecule has 1 aromatic carbocycles. The summed E-state index contributed by atoms with van der Waals surface area (Å²) in [6, 6.07) is 7.01. The molecule has 4 aromatic rings. The van der Waals surface area contributed by atoms with Gasteiger partial charge in [-0.3, -0.25) is 14.9 Å². The summed E-state index contributed by atoms with van der Waals surface area (Å²) in [5, 5.41) is 15.2. The molecule has 0 atom stereocenters. The van der Waals surface area contributed by atoms with Crippen LogP contribution in [0.25, 0.3) is 28.0 Å². The predicted molar refractivity (Wildman–Crippen MR) is 114 cm³/mol. The highest BCUT2D eigenvalue weighted by Crippen LogP contribution is 2.32. The van der Waals surface area contributed by atoms with Gasteiger partial charge in [0.2, 0.25) is 0 Å². The molecule has 0 radical (unpaired) electrons. The average molecular weight is 422 g/mol. The number of H-pyrrole nitrogens is 1. The highest BCUT2D eigenvalue weighted by molar-refractivity contribution is 6.02. The van der Waals surface area contributed by atoms with Crippen LogP contribution in [0.5, 0.6) is 0 Å². The quantitative estimate of drug-likeness (QED) is 0.356. The summed E-state index contributed by atoms with van der Waals surface area (Å²) in [4.78, 5) is 8.60. The molecule has 7 nitrogen and oxygen atoms in total. The fourth-order valence-electron chi connectivity index (χ4n) is 3.32. The second kappa shape index (κ2) is 8.47. The number of nitrogens with one attached hydrogen (secondary N) is 2. The summed E-state index contributed by atoms with van der Waals surface area (Å²) in [6.45, 7) is 2.01. The summed E-state index contributed by atoms with van der Waals surface area (Å²) in [6.07, 6.45) is 6.40. The van der Waals surface area contributed by atoms with Gasteiger partial charge in [0, 0.05) is 35.4 Å². The van der Waals surface area contributed by atoms with Crippen LogP contribution in [0, 0.1) is 17.0 Å². The highest BCUT2D eigenvalue weighted by atomic mass is 19.1. The molecule has 0 aliphatic rings. The number of ether oxygens (including phenoxy) is 1. The minimum atomic E-state index is -0.686. The van der Waals surface area contributed by atoms with E-state index in [1.807, 2.05) is 13.0 Å². The van der Waals surface area contributed by atoms with Crippen LogP contribution in [0.4, 0.5) is 8.78 Å². The number of halogens is 2. The van der Waals surface area contributed by atoms with E-state index in [1.54, 1.807) is 29.1 Å². The van der Waals surface area contributed by atoms with Crippen LogP contribution < -0.4 is 0 Å². The van der Waals surface area contributed by atoms with E-state index in [-0.39, 0.29) is 11.4 Å². The Balaban J connectivity index is 1.77. The zero-order valence-corrected chi connectivity index (χ0v) is 17.0. The molecule has 0 fully saturated rings. The van der Waals surface area contributed by atoms with Gasteiger partial charge in [0.15, 0.2) is 11.7 Å². The fourth-order valence-corrected chi connectivity index (χ4v) is 3.32. The van der Waals surface area contributed by atoms with Crippen molar-refractivity contribution < 1.29 is 13.5 Å². The number of imidazole rings is 1. The first-order valence-corrected chi connectivity index (χ1v) is 9.68. The Kier molecular flexibility index (Phi) is 5.57. The van der Waals surface area contributed by atoms with Crippen molar-refractivity contribution in [3.8, 4) is 22.4 Å². The number of rotatable bonds is 5. The second-order valence-corrected chi connectivity index (χ2v) is 6.88. The van der Waals surface area contributed by atoms with Gasteiger partial charge < -0.3 is 4.74 Å². The van der Waals surface area contributed by atoms with Crippen LogP contribution in [0.1, 0.15) is 25.5 Å². The van der Waals surface area contributed by atoms with Gasteiger partial charge >= 0.3 is 0 Å². The Labute approximate surface area is 176 Å². The standard InChI is InChI=1S/C22H20F2N6O/c1-3-4-20(31-2)28-22(25)18-11-26-19-8-5-13(12-30(18)19)16-10-27-29-21(16)15-7-6-14(23)9-17(15)24/h5-12,25H,3-4H2,1-2H3,(H,27,29). The summed E-state index contributed by atoms with van der Waals surface area (Å²) in [5.41, 5.74) is 3.10. The maximum Gasteiger partial charge on any atom is 0.189 e. The number of methoxy groups -OCH3 is 1. The van der Waals surface area contributed by atoms with Gasteiger partial charge in [-0.05, 0) is 30.7 Å². The number of fused-ring (bicyclic) bond motifs is 1. The second-order valence-electron chi connectivity index (χ2n) is 6.88. The minimum absolute atomic E-state index is 0.0203. The smallest absolute Gasteiger partial charge is 0.189 e. The van der Waals surface area contributed by atoms with Crippen molar-refractivity contribution in [3.63, 3.8) is 0 Å². The van der Waals surface area contributed by atoms with E-state index in [0.29, 0.717) is 34.9 Å². The van der Waals surface area contributed by atoms with Crippen molar-refractivity contribution in [1.29, 1.82) is 5.41 Å². The van der Waals surface area contributed by atoms with Gasteiger partial charge in [0.25, 0.3) is 0 Å². The van der Waals surface area contributed by atoms with E-state index in [2.05, 4.69) is 20.2 Å². The Hall–Kier alpha value is -3.88. The number of aliphatic imine (C=N–C) groups is 1. The topological polar surface area (TPSA) is 91.4 Å². The number of amidine groups is 1. The summed E-state index contributed by atoms with van der Waals surface area (Å²) < 4.78 is 34.6. The predicted octanol–water partition coefficient (Wildman–Crippen LogP) is 4.84. The number of hydrogen-bond acceptors (Lipinski definition) is 4. The van der Waals surface area contributed by atoms with Crippen LogP contribution in [0.15, 0.2) is 53.9 Å². The first-order chi connectivity index (χ1) is 15.0. The Morgan fingerprint density at radius 2 is 2.03 bits per heavy atom. The molecule has 0 unspecified atom stereocenters. The van der Waals surface area contributed by atoms with E-state index in [4.69, 9.17) is 10.1 Å². The van der Waals surface area contributed by atoms with Gasteiger partial charge in [0.05, 0.1) is 25.2 Å². The Morgan fingerprint density at radius 1 is 1.19 bits per heavy atom. The first-order valence-electron chi connectivity index (χ1n) is 9.68. The van der Waals surface area contributed by atoms with E-state index in [0.717, 1.165) is 18.1 Å². The molecule has 9 heteroatoms. The maximum absolute atomic E-state index is 14.3. The van der Waals surface area contributed by atoms with Crippen LogP contribution in [0.2, 0.25) is 0 Å². The molecule has 0 saturated heterocycles. The number of aromatic nitrogens is 4. The van der Waals surface area contributed by atoms with Gasteiger partial charge in [-0.2, -0.15) is 10.1 Å². The number of nitrogens with zero attached hydrogens (tertiary/aromatic N) is 4. The molecule has 31 heavy (non-hydrogen) atoms. The monoisotopic (exact) mass is 422 g/mol. The molecular formula is C22H20F2N6O. The van der Waals surface area contributed by atoms with Crippen LogP contribution in [-0.4, -0.2) is 38.4 Å². The largest absolute Gasteiger partial charge is 0.484 e. The van der Waals surface area contributed by atoms with Crippen molar-refractivity contribution in [2.45, 2.75) is 19.8 Å². The molecule has 158 valence electrons. The number of aromatic amines is 1. The lowest BCUT2D eigenvalue weighted by Gasteiger charge is -2.08. The van der Waals surface area contributed by atoms with Gasteiger partial charge in [-0.1, -0.05) is 6.92 Å². The summed E-state index contributed by atoms with van der Waals surface area (Å²) in [7, 11) is 1.53. The van der Waals surface area contributed by atoms with Crippen LogP contribution in [0.3, 0.4) is 0 Å². The molecule has 3 aromatic heterocycles. The van der Waals surface area contributed by atoms with Gasteiger partial charge in [-0.15, -0.1) is 0 Å². The van der Waals surface area contributed by atoms with E-state index < -0.39 is 11.6 Å². The molecule has 0 aliphatic carbocycles. The number of pyridine rings is 1. The van der Waals surface area contributed by atoms with E-state index >= 15 is 0 Å². The zero-order valence-electron chi connectivity index (χ0n) is 17.0.